The van der Waals surface area contributed by atoms with Gasteiger partial charge in [-0.1, -0.05) is 24.6 Å². The number of rotatable bonds is 4. The minimum atomic E-state index is 0.0699. The van der Waals surface area contributed by atoms with Gasteiger partial charge in [0.05, 0.1) is 11.2 Å². The molecule has 0 radical (unpaired) electrons. The van der Waals surface area contributed by atoms with E-state index in [4.69, 9.17) is 0 Å². The van der Waals surface area contributed by atoms with E-state index in [0.29, 0.717) is 12.5 Å². The summed E-state index contributed by atoms with van der Waals surface area (Å²) < 4.78 is 0. The molecule has 4 heteroatoms. The molecule has 0 aliphatic carbocycles. The second-order valence-electron chi connectivity index (χ2n) is 5.61. The summed E-state index contributed by atoms with van der Waals surface area (Å²) in [7, 11) is 0. The molecule has 1 saturated heterocycles. The van der Waals surface area contributed by atoms with Crippen molar-refractivity contribution in [3.8, 4) is 0 Å². The van der Waals surface area contributed by atoms with Crippen LogP contribution in [-0.4, -0.2) is 23.5 Å². The van der Waals surface area contributed by atoms with Gasteiger partial charge in [-0.25, -0.2) is 0 Å². The van der Waals surface area contributed by atoms with E-state index >= 15 is 0 Å². The van der Waals surface area contributed by atoms with Crippen LogP contribution in [0.4, 0.5) is 5.69 Å². The number of hydrogen-bond donors (Lipinski definition) is 2. The van der Waals surface area contributed by atoms with E-state index in [-0.39, 0.29) is 5.91 Å². The fourth-order valence-corrected chi connectivity index (χ4v) is 2.89. The SMILES string of the molecule is O=C(CCC1CCCCN1)Nc1cccc2cccnc12. The number of nitrogens with one attached hydrogen (secondary N) is 2. The molecule has 1 aromatic carbocycles. The molecule has 21 heavy (non-hydrogen) atoms. The molecular formula is C17H21N3O. The molecular weight excluding hydrogens is 262 g/mol. The third kappa shape index (κ3) is 3.58. The van der Waals surface area contributed by atoms with Crippen molar-refractivity contribution < 1.29 is 4.79 Å². The first-order valence-electron chi connectivity index (χ1n) is 7.70. The van der Waals surface area contributed by atoms with E-state index in [9.17, 15) is 4.79 Å². The van der Waals surface area contributed by atoms with Gasteiger partial charge in [0.25, 0.3) is 0 Å². The average molecular weight is 283 g/mol. The van der Waals surface area contributed by atoms with Gasteiger partial charge in [0.2, 0.25) is 5.91 Å². The molecule has 1 aromatic heterocycles. The quantitative estimate of drug-likeness (QED) is 0.906. The topological polar surface area (TPSA) is 54.0 Å². The lowest BCUT2D eigenvalue weighted by molar-refractivity contribution is -0.116. The van der Waals surface area contributed by atoms with Crippen LogP contribution >= 0.6 is 0 Å². The van der Waals surface area contributed by atoms with Crippen LogP contribution in [0.2, 0.25) is 0 Å². The molecule has 0 saturated carbocycles. The highest BCUT2D eigenvalue weighted by molar-refractivity contribution is 6.00. The number of hydrogen-bond acceptors (Lipinski definition) is 3. The number of nitrogens with zero attached hydrogens (tertiary/aromatic N) is 1. The number of piperidine rings is 1. The molecule has 0 spiro atoms. The number of pyridine rings is 1. The first-order chi connectivity index (χ1) is 10.3. The summed E-state index contributed by atoms with van der Waals surface area (Å²) in [6.07, 6.45) is 6.93. The molecule has 1 unspecified atom stereocenters. The maximum atomic E-state index is 12.1. The second kappa shape index (κ2) is 6.68. The number of aromatic nitrogens is 1. The van der Waals surface area contributed by atoms with E-state index in [1.807, 2.05) is 30.3 Å². The van der Waals surface area contributed by atoms with Crippen molar-refractivity contribution in [2.45, 2.75) is 38.1 Å². The predicted molar refractivity (Wildman–Crippen MR) is 85.2 cm³/mol. The van der Waals surface area contributed by atoms with Crippen molar-refractivity contribution in [3.63, 3.8) is 0 Å². The normalized spacial score (nSPS) is 18.6. The molecule has 1 aliphatic rings. The monoisotopic (exact) mass is 283 g/mol. The number of anilines is 1. The highest BCUT2D eigenvalue weighted by Crippen LogP contribution is 2.21. The zero-order valence-corrected chi connectivity index (χ0v) is 12.1. The van der Waals surface area contributed by atoms with Crippen LogP contribution in [0.5, 0.6) is 0 Å². The Morgan fingerprint density at radius 3 is 3.05 bits per heavy atom. The number of amides is 1. The Morgan fingerprint density at radius 2 is 2.19 bits per heavy atom. The number of benzene rings is 1. The van der Waals surface area contributed by atoms with Gasteiger partial charge in [0.1, 0.15) is 0 Å². The summed E-state index contributed by atoms with van der Waals surface area (Å²) in [4.78, 5) is 16.5. The van der Waals surface area contributed by atoms with Crippen molar-refractivity contribution in [2.24, 2.45) is 0 Å². The Balaban J connectivity index is 1.61. The Kier molecular flexibility index (Phi) is 4.46. The number of carbonyl (C=O) groups is 1. The van der Waals surface area contributed by atoms with E-state index in [1.54, 1.807) is 6.20 Å². The Hall–Kier alpha value is -1.94. The van der Waals surface area contributed by atoms with Crippen molar-refractivity contribution in [1.29, 1.82) is 0 Å². The van der Waals surface area contributed by atoms with E-state index in [1.165, 1.54) is 19.3 Å². The van der Waals surface area contributed by atoms with Gasteiger partial charge in [-0.05, 0) is 37.9 Å². The molecule has 4 nitrogen and oxygen atoms in total. The van der Waals surface area contributed by atoms with Gasteiger partial charge in [-0.15, -0.1) is 0 Å². The Bertz CT molecular complexity index is 615. The minimum Gasteiger partial charge on any atom is -0.324 e. The maximum Gasteiger partial charge on any atom is 0.224 e. The first kappa shape index (κ1) is 14.0. The van der Waals surface area contributed by atoms with Crippen LogP contribution in [0.1, 0.15) is 32.1 Å². The molecule has 2 N–H and O–H groups in total. The van der Waals surface area contributed by atoms with Crippen LogP contribution in [0, 0.1) is 0 Å². The van der Waals surface area contributed by atoms with Crippen molar-refractivity contribution in [3.05, 3.63) is 36.5 Å². The number of fused-ring (bicyclic) bond motifs is 1. The van der Waals surface area contributed by atoms with Crippen LogP contribution in [-0.2, 0) is 4.79 Å². The van der Waals surface area contributed by atoms with Gasteiger partial charge in [-0.3, -0.25) is 9.78 Å². The molecule has 1 amide bonds. The molecule has 0 bridgehead atoms. The molecule has 1 fully saturated rings. The minimum absolute atomic E-state index is 0.0699. The fraction of sp³-hybridized carbons (Fsp3) is 0.412. The fourth-order valence-electron chi connectivity index (χ4n) is 2.89. The van der Waals surface area contributed by atoms with Crippen LogP contribution in [0.3, 0.4) is 0 Å². The van der Waals surface area contributed by atoms with E-state index in [2.05, 4.69) is 15.6 Å². The van der Waals surface area contributed by atoms with Crippen LogP contribution in [0.25, 0.3) is 10.9 Å². The van der Waals surface area contributed by atoms with Gasteiger partial charge in [-0.2, -0.15) is 0 Å². The van der Waals surface area contributed by atoms with E-state index < -0.39 is 0 Å². The second-order valence-corrected chi connectivity index (χ2v) is 5.61. The van der Waals surface area contributed by atoms with E-state index in [0.717, 1.165) is 29.6 Å². The molecule has 2 heterocycles. The van der Waals surface area contributed by atoms with Crippen LogP contribution < -0.4 is 10.6 Å². The van der Waals surface area contributed by atoms with Gasteiger partial charge >= 0.3 is 0 Å². The lowest BCUT2D eigenvalue weighted by Gasteiger charge is -2.23. The molecule has 3 rings (SSSR count). The lowest BCUT2D eigenvalue weighted by Crippen LogP contribution is -2.34. The Labute approximate surface area is 125 Å². The van der Waals surface area contributed by atoms with Gasteiger partial charge in [0.15, 0.2) is 0 Å². The molecule has 1 aliphatic heterocycles. The third-order valence-corrected chi connectivity index (χ3v) is 4.04. The molecule has 110 valence electrons. The summed E-state index contributed by atoms with van der Waals surface area (Å²) in [5.74, 6) is 0.0699. The molecule has 2 aromatic rings. The average Bonchev–Trinajstić information content (AvgIpc) is 2.54. The zero-order valence-electron chi connectivity index (χ0n) is 12.1. The number of carbonyl (C=O) groups excluding carboxylic acids is 1. The first-order valence-corrected chi connectivity index (χ1v) is 7.70. The van der Waals surface area contributed by atoms with Crippen LogP contribution in [0.15, 0.2) is 36.5 Å². The lowest BCUT2D eigenvalue weighted by atomic mass is 10.0. The van der Waals surface area contributed by atoms with Crippen molar-refractivity contribution in [2.75, 3.05) is 11.9 Å². The predicted octanol–water partition coefficient (Wildman–Crippen LogP) is 3.10. The summed E-state index contributed by atoms with van der Waals surface area (Å²) in [5, 5.41) is 7.52. The summed E-state index contributed by atoms with van der Waals surface area (Å²) in [6.45, 7) is 1.08. The maximum absolute atomic E-state index is 12.1. The highest BCUT2D eigenvalue weighted by Gasteiger charge is 2.14. The van der Waals surface area contributed by atoms with Gasteiger partial charge in [0, 0.05) is 24.0 Å². The summed E-state index contributed by atoms with van der Waals surface area (Å²) in [5.41, 5.74) is 1.65. The highest BCUT2D eigenvalue weighted by atomic mass is 16.1. The largest absolute Gasteiger partial charge is 0.324 e. The van der Waals surface area contributed by atoms with Crippen molar-refractivity contribution in [1.82, 2.24) is 10.3 Å². The smallest absolute Gasteiger partial charge is 0.224 e. The summed E-state index contributed by atoms with van der Waals surface area (Å²) >= 11 is 0. The third-order valence-electron chi connectivity index (χ3n) is 4.04. The van der Waals surface area contributed by atoms with Gasteiger partial charge < -0.3 is 10.6 Å². The Morgan fingerprint density at radius 1 is 1.29 bits per heavy atom. The molecule has 1 atom stereocenters. The number of para-hydroxylation sites is 1. The standard InChI is InChI=1S/C17H21N3O/c21-16(10-9-14-7-1-2-11-18-14)20-15-8-3-5-13-6-4-12-19-17(13)15/h3-6,8,12,14,18H,1-2,7,9-11H2,(H,20,21). The van der Waals surface area contributed by atoms with Crippen molar-refractivity contribution >= 4 is 22.5 Å². The zero-order chi connectivity index (χ0) is 14.5. The summed E-state index contributed by atoms with van der Waals surface area (Å²) in [6, 6.07) is 10.3.